The molecule has 2 N–H and O–H groups in total. The summed E-state index contributed by atoms with van der Waals surface area (Å²) in [5.41, 5.74) is -1.34. The fraction of sp³-hybridized carbons (Fsp3) is 0.333. The van der Waals surface area contributed by atoms with E-state index in [0.717, 1.165) is 30.0 Å². The number of aromatic nitrogens is 3. The zero-order valence-corrected chi connectivity index (χ0v) is 25.0. The van der Waals surface area contributed by atoms with Gasteiger partial charge in [-0.3, -0.25) is 14.6 Å². The van der Waals surface area contributed by atoms with E-state index >= 15 is 4.39 Å². The van der Waals surface area contributed by atoms with Gasteiger partial charge in [0.2, 0.25) is 5.91 Å². The van der Waals surface area contributed by atoms with Crippen LogP contribution in [0.25, 0.3) is 5.69 Å². The molecular weight excluding hydrogens is 604 g/mol. The van der Waals surface area contributed by atoms with E-state index < -0.39 is 34.8 Å². The molecule has 9 nitrogen and oxygen atoms in total. The molecule has 2 aromatic heterocycles. The summed E-state index contributed by atoms with van der Waals surface area (Å²) >= 11 is 0. The van der Waals surface area contributed by atoms with Crippen LogP contribution in [-0.2, 0) is 22.9 Å². The second kappa shape index (κ2) is 13.6. The van der Waals surface area contributed by atoms with Gasteiger partial charge in [0.15, 0.2) is 5.69 Å². The molecule has 240 valence electrons. The molecule has 0 saturated heterocycles. The SMILES string of the molecule is CCC(=O)NC(CCC1CC1)(c1cccnc1)c1ccc(F)c(NC(=O)c2cc(C(F)(F)F)nn2-c2cccc(CCN=O)c2)c1. The molecule has 5 rings (SSSR count). The Labute approximate surface area is 262 Å². The maximum absolute atomic E-state index is 15.3. The summed E-state index contributed by atoms with van der Waals surface area (Å²) in [4.78, 5) is 41.3. The van der Waals surface area contributed by atoms with Crippen LogP contribution in [0, 0.1) is 16.6 Å². The minimum atomic E-state index is -4.87. The van der Waals surface area contributed by atoms with Crippen molar-refractivity contribution in [1.82, 2.24) is 20.1 Å². The van der Waals surface area contributed by atoms with Gasteiger partial charge in [0.05, 0.1) is 23.5 Å². The monoisotopic (exact) mass is 636 g/mol. The van der Waals surface area contributed by atoms with Gasteiger partial charge in [0, 0.05) is 30.4 Å². The summed E-state index contributed by atoms with van der Waals surface area (Å²) < 4.78 is 57.4. The highest BCUT2D eigenvalue weighted by molar-refractivity contribution is 6.03. The molecule has 46 heavy (non-hydrogen) atoms. The lowest BCUT2D eigenvalue weighted by molar-refractivity contribution is -0.141. The van der Waals surface area contributed by atoms with Crippen molar-refractivity contribution in [2.75, 3.05) is 11.9 Å². The summed E-state index contributed by atoms with van der Waals surface area (Å²) in [7, 11) is 0. The third-order valence-corrected chi connectivity index (χ3v) is 8.04. The molecule has 1 unspecified atom stereocenters. The first kappa shape index (κ1) is 32.5. The van der Waals surface area contributed by atoms with Crippen molar-refractivity contribution in [2.45, 2.75) is 57.2 Å². The Morgan fingerprint density at radius 1 is 1.04 bits per heavy atom. The van der Waals surface area contributed by atoms with Crippen LogP contribution in [-0.4, -0.2) is 33.1 Å². The molecule has 2 amide bonds. The maximum atomic E-state index is 15.3. The van der Waals surface area contributed by atoms with Crippen LogP contribution in [0.4, 0.5) is 23.2 Å². The fourth-order valence-corrected chi connectivity index (χ4v) is 5.40. The minimum absolute atomic E-state index is 0.0424. The lowest BCUT2D eigenvalue weighted by Gasteiger charge is -2.36. The highest BCUT2D eigenvalue weighted by Crippen LogP contribution is 2.42. The molecule has 2 aromatic carbocycles. The molecule has 1 atom stereocenters. The Morgan fingerprint density at radius 3 is 2.52 bits per heavy atom. The normalized spacial score (nSPS) is 14.4. The van der Waals surface area contributed by atoms with Crippen LogP contribution in [0.1, 0.15) is 71.9 Å². The Balaban J connectivity index is 1.55. The van der Waals surface area contributed by atoms with Gasteiger partial charge in [0.1, 0.15) is 11.5 Å². The molecule has 13 heteroatoms. The predicted octanol–water partition coefficient (Wildman–Crippen LogP) is 6.95. The third-order valence-electron chi connectivity index (χ3n) is 8.04. The van der Waals surface area contributed by atoms with Crippen molar-refractivity contribution in [1.29, 1.82) is 0 Å². The van der Waals surface area contributed by atoms with E-state index in [1.54, 1.807) is 37.5 Å². The largest absolute Gasteiger partial charge is 0.435 e. The number of hydrogen-bond donors (Lipinski definition) is 2. The van der Waals surface area contributed by atoms with Gasteiger partial charge in [-0.05, 0) is 66.6 Å². The quantitative estimate of drug-likeness (QED) is 0.122. The predicted molar refractivity (Wildman–Crippen MR) is 163 cm³/mol. The number of halogens is 4. The smallest absolute Gasteiger partial charge is 0.342 e. The van der Waals surface area contributed by atoms with Crippen LogP contribution in [0.3, 0.4) is 0 Å². The van der Waals surface area contributed by atoms with Crippen LogP contribution in [0.15, 0.2) is 78.2 Å². The van der Waals surface area contributed by atoms with Gasteiger partial charge in [-0.1, -0.05) is 49.2 Å². The summed E-state index contributed by atoms with van der Waals surface area (Å²) in [6.07, 6.45) is 2.17. The van der Waals surface area contributed by atoms with Crippen molar-refractivity contribution in [3.63, 3.8) is 0 Å². The zero-order chi connectivity index (χ0) is 32.9. The molecule has 1 aliphatic carbocycles. The van der Waals surface area contributed by atoms with E-state index in [9.17, 15) is 27.7 Å². The number of anilines is 1. The average Bonchev–Trinajstić information content (AvgIpc) is 3.77. The number of nitrogens with one attached hydrogen (secondary N) is 2. The average molecular weight is 637 g/mol. The third kappa shape index (κ3) is 7.30. The summed E-state index contributed by atoms with van der Waals surface area (Å²) in [5.74, 6) is -1.62. The number of hydrogen-bond acceptors (Lipinski definition) is 6. The number of nitroso groups, excluding NO2 is 1. The van der Waals surface area contributed by atoms with Crippen molar-refractivity contribution < 1.29 is 27.2 Å². The van der Waals surface area contributed by atoms with Gasteiger partial charge in [-0.25, -0.2) is 9.07 Å². The maximum Gasteiger partial charge on any atom is 0.435 e. The lowest BCUT2D eigenvalue weighted by Crippen LogP contribution is -2.47. The molecule has 1 saturated carbocycles. The minimum Gasteiger partial charge on any atom is -0.342 e. The van der Waals surface area contributed by atoms with E-state index in [4.69, 9.17) is 0 Å². The molecule has 1 aliphatic rings. The fourth-order valence-electron chi connectivity index (χ4n) is 5.40. The number of carbonyl (C=O) groups excluding carboxylic acids is 2. The van der Waals surface area contributed by atoms with Crippen molar-refractivity contribution in [2.24, 2.45) is 11.1 Å². The van der Waals surface area contributed by atoms with E-state index in [1.807, 2.05) is 6.07 Å². The molecular formula is C33H32F4N6O3. The topological polar surface area (TPSA) is 118 Å². The van der Waals surface area contributed by atoms with E-state index in [2.05, 4.69) is 25.9 Å². The number of benzene rings is 2. The van der Waals surface area contributed by atoms with Gasteiger partial charge >= 0.3 is 6.18 Å². The molecule has 0 radical (unpaired) electrons. The Bertz CT molecular complexity index is 1720. The Hall–Kier alpha value is -4.94. The van der Waals surface area contributed by atoms with E-state index in [0.29, 0.717) is 35.1 Å². The highest BCUT2D eigenvalue weighted by atomic mass is 19.4. The van der Waals surface area contributed by atoms with Crippen LogP contribution >= 0.6 is 0 Å². The first-order chi connectivity index (χ1) is 22.0. The van der Waals surface area contributed by atoms with Gasteiger partial charge in [-0.2, -0.15) is 23.2 Å². The molecule has 0 spiro atoms. The number of carbonyl (C=O) groups is 2. The van der Waals surface area contributed by atoms with Gasteiger partial charge in [0.25, 0.3) is 5.91 Å². The van der Waals surface area contributed by atoms with Crippen LogP contribution < -0.4 is 10.6 Å². The molecule has 0 bridgehead atoms. The first-order valence-corrected chi connectivity index (χ1v) is 14.9. The zero-order valence-electron chi connectivity index (χ0n) is 25.0. The Kier molecular flexibility index (Phi) is 9.59. The molecule has 1 fully saturated rings. The standard InChI is InChI=1S/C33H32F4N6O3/c1-2-30(44)41-32(14-12-21-8-9-21,24-6-4-15-38-20-24)23-10-11-26(34)27(18-23)40-31(45)28-19-29(33(35,36)37)42-43(28)25-7-3-5-22(17-25)13-16-39-46/h3-7,10-11,15,17-21H,2,8-9,12-14,16H2,1H3,(H,40,45)(H,41,44). The second-order valence-corrected chi connectivity index (χ2v) is 11.3. The van der Waals surface area contributed by atoms with Crippen LogP contribution in [0.5, 0.6) is 0 Å². The number of rotatable bonds is 13. The number of alkyl halides is 3. The van der Waals surface area contributed by atoms with Crippen molar-refractivity contribution in [3.8, 4) is 5.69 Å². The summed E-state index contributed by atoms with van der Waals surface area (Å²) in [6, 6.07) is 14.4. The summed E-state index contributed by atoms with van der Waals surface area (Å²) in [6.45, 7) is 1.67. The second-order valence-electron chi connectivity index (χ2n) is 11.3. The van der Waals surface area contributed by atoms with E-state index in [1.165, 1.54) is 24.3 Å². The van der Waals surface area contributed by atoms with Crippen molar-refractivity contribution in [3.05, 3.63) is 112 Å². The van der Waals surface area contributed by atoms with E-state index in [-0.39, 0.29) is 36.7 Å². The van der Waals surface area contributed by atoms with Gasteiger partial charge in [-0.15, -0.1) is 0 Å². The number of nitrogens with zero attached hydrogens (tertiary/aromatic N) is 4. The number of amides is 2. The molecule has 0 aliphatic heterocycles. The molecule has 2 heterocycles. The van der Waals surface area contributed by atoms with Gasteiger partial charge < -0.3 is 10.6 Å². The lowest BCUT2D eigenvalue weighted by atomic mass is 9.78. The number of pyridine rings is 1. The summed E-state index contributed by atoms with van der Waals surface area (Å²) in [5, 5.41) is 12.0. The Morgan fingerprint density at radius 2 is 1.85 bits per heavy atom. The highest BCUT2D eigenvalue weighted by Gasteiger charge is 2.39. The molecule has 4 aromatic rings. The van der Waals surface area contributed by atoms with Crippen molar-refractivity contribution >= 4 is 17.5 Å². The first-order valence-electron chi connectivity index (χ1n) is 14.9. The van der Waals surface area contributed by atoms with Crippen LogP contribution in [0.2, 0.25) is 0 Å².